The molecule has 118 valence electrons. The van der Waals surface area contributed by atoms with Crippen molar-refractivity contribution in [2.75, 3.05) is 11.1 Å². The molecule has 1 heterocycles. The SMILES string of the molecule is N#Cc1cccc(NC(=O)CSc2nnnn2-c2ccccc2)c1. The molecule has 0 aliphatic heterocycles. The van der Waals surface area contributed by atoms with Gasteiger partial charge in [0, 0.05) is 5.69 Å². The average Bonchev–Trinajstić information content (AvgIpc) is 3.09. The molecule has 7 nitrogen and oxygen atoms in total. The number of nitriles is 1. The van der Waals surface area contributed by atoms with E-state index in [-0.39, 0.29) is 11.7 Å². The van der Waals surface area contributed by atoms with Crippen LogP contribution in [-0.2, 0) is 4.79 Å². The maximum absolute atomic E-state index is 12.1. The fourth-order valence-corrected chi connectivity index (χ4v) is 2.68. The van der Waals surface area contributed by atoms with E-state index in [0.717, 1.165) is 5.69 Å². The van der Waals surface area contributed by atoms with E-state index in [2.05, 4.69) is 20.8 Å². The number of rotatable bonds is 5. The zero-order valence-corrected chi connectivity index (χ0v) is 13.3. The van der Waals surface area contributed by atoms with E-state index >= 15 is 0 Å². The Labute approximate surface area is 142 Å². The highest BCUT2D eigenvalue weighted by molar-refractivity contribution is 7.99. The van der Waals surface area contributed by atoms with Crippen LogP contribution in [0.2, 0.25) is 0 Å². The molecule has 0 atom stereocenters. The fourth-order valence-electron chi connectivity index (χ4n) is 1.99. The van der Waals surface area contributed by atoms with Gasteiger partial charge < -0.3 is 5.32 Å². The summed E-state index contributed by atoms with van der Waals surface area (Å²) in [5.74, 6) is -0.0398. The first kappa shape index (κ1) is 15.7. The van der Waals surface area contributed by atoms with Crippen LogP contribution >= 0.6 is 11.8 Å². The minimum atomic E-state index is -0.197. The molecule has 0 radical (unpaired) electrons. The van der Waals surface area contributed by atoms with E-state index < -0.39 is 0 Å². The molecule has 0 saturated heterocycles. The minimum absolute atomic E-state index is 0.157. The summed E-state index contributed by atoms with van der Waals surface area (Å²) in [4.78, 5) is 12.1. The summed E-state index contributed by atoms with van der Waals surface area (Å²) in [7, 11) is 0. The average molecular weight is 336 g/mol. The Kier molecular flexibility index (Phi) is 4.84. The number of anilines is 1. The van der Waals surface area contributed by atoms with E-state index in [1.807, 2.05) is 36.4 Å². The van der Waals surface area contributed by atoms with Gasteiger partial charge in [-0.15, -0.1) is 5.10 Å². The molecule has 0 spiro atoms. The van der Waals surface area contributed by atoms with Gasteiger partial charge in [-0.05, 0) is 40.8 Å². The molecule has 0 aliphatic rings. The van der Waals surface area contributed by atoms with Crippen LogP contribution in [0.1, 0.15) is 5.56 Å². The standard InChI is InChI=1S/C16H12N6OS/c17-10-12-5-4-6-13(9-12)18-15(23)11-24-16-19-20-21-22(16)14-7-2-1-3-8-14/h1-9H,11H2,(H,18,23). The van der Waals surface area contributed by atoms with Gasteiger partial charge in [0.2, 0.25) is 11.1 Å². The maximum Gasteiger partial charge on any atom is 0.234 e. The Morgan fingerprint density at radius 1 is 1.21 bits per heavy atom. The topological polar surface area (TPSA) is 96.5 Å². The molecule has 1 aromatic heterocycles. The Hall–Kier alpha value is -3.18. The van der Waals surface area contributed by atoms with Gasteiger partial charge >= 0.3 is 0 Å². The van der Waals surface area contributed by atoms with Crippen molar-refractivity contribution in [3.63, 3.8) is 0 Å². The molecule has 24 heavy (non-hydrogen) atoms. The number of aromatic nitrogens is 4. The van der Waals surface area contributed by atoms with Gasteiger partial charge in [0.25, 0.3) is 0 Å². The van der Waals surface area contributed by atoms with Gasteiger partial charge in [-0.2, -0.15) is 9.94 Å². The lowest BCUT2D eigenvalue weighted by Gasteiger charge is -2.06. The Morgan fingerprint density at radius 2 is 2.04 bits per heavy atom. The van der Waals surface area contributed by atoms with Gasteiger partial charge in [0.15, 0.2) is 0 Å². The highest BCUT2D eigenvalue weighted by atomic mass is 32.2. The van der Waals surface area contributed by atoms with Gasteiger partial charge in [-0.1, -0.05) is 36.0 Å². The number of hydrogen-bond donors (Lipinski definition) is 1. The summed E-state index contributed by atoms with van der Waals surface area (Å²) in [6.45, 7) is 0. The van der Waals surface area contributed by atoms with Crippen LogP contribution in [0, 0.1) is 11.3 Å². The second kappa shape index (κ2) is 7.39. The number of amides is 1. The molecule has 0 saturated carbocycles. The summed E-state index contributed by atoms with van der Waals surface area (Å²) in [5, 5.41) is 23.7. The number of nitrogens with one attached hydrogen (secondary N) is 1. The van der Waals surface area contributed by atoms with Crippen molar-refractivity contribution in [3.05, 3.63) is 60.2 Å². The summed E-state index contributed by atoms with van der Waals surface area (Å²) in [6.07, 6.45) is 0. The lowest BCUT2D eigenvalue weighted by Crippen LogP contribution is -2.14. The van der Waals surface area contributed by atoms with Crippen LogP contribution in [-0.4, -0.2) is 31.9 Å². The van der Waals surface area contributed by atoms with Gasteiger partial charge in [-0.3, -0.25) is 4.79 Å². The molecule has 0 unspecified atom stereocenters. The van der Waals surface area contributed by atoms with Crippen LogP contribution in [0.15, 0.2) is 59.8 Å². The number of thioether (sulfide) groups is 1. The Morgan fingerprint density at radius 3 is 2.83 bits per heavy atom. The Bertz CT molecular complexity index is 887. The van der Waals surface area contributed by atoms with Gasteiger partial charge in [-0.25, -0.2) is 0 Å². The highest BCUT2D eigenvalue weighted by Crippen LogP contribution is 2.18. The summed E-state index contributed by atoms with van der Waals surface area (Å²) in [5.41, 5.74) is 1.91. The number of carbonyl (C=O) groups excluding carboxylic acids is 1. The number of para-hydroxylation sites is 1. The lowest BCUT2D eigenvalue weighted by atomic mass is 10.2. The smallest absolute Gasteiger partial charge is 0.234 e. The molecule has 0 fully saturated rings. The second-order valence-corrected chi connectivity index (χ2v) is 5.68. The van der Waals surface area contributed by atoms with Crippen molar-refractivity contribution >= 4 is 23.4 Å². The molecule has 3 aromatic rings. The highest BCUT2D eigenvalue weighted by Gasteiger charge is 2.11. The molecule has 2 aromatic carbocycles. The molecular formula is C16H12N6OS. The number of nitrogens with zero attached hydrogens (tertiary/aromatic N) is 5. The summed E-state index contributed by atoms with van der Waals surface area (Å²) < 4.78 is 1.58. The van der Waals surface area contributed by atoms with Crippen LogP contribution < -0.4 is 5.32 Å². The maximum atomic E-state index is 12.1. The van der Waals surface area contributed by atoms with E-state index in [4.69, 9.17) is 5.26 Å². The summed E-state index contributed by atoms with van der Waals surface area (Å²) in [6, 6.07) is 18.2. The fraction of sp³-hybridized carbons (Fsp3) is 0.0625. The van der Waals surface area contributed by atoms with E-state index in [9.17, 15) is 4.79 Å². The largest absolute Gasteiger partial charge is 0.325 e. The van der Waals surface area contributed by atoms with Crippen molar-refractivity contribution in [1.29, 1.82) is 5.26 Å². The minimum Gasteiger partial charge on any atom is -0.325 e. The van der Waals surface area contributed by atoms with Crippen molar-refractivity contribution in [1.82, 2.24) is 20.2 Å². The zero-order chi connectivity index (χ0) is 16.8. The second-order valence-electron chi connectivity index (χ2n) is 4.74. The normalized spacial score (nSPS) is 10.1. The predicted octanol–water partition coefficient (Wildman–Crippen LogP) is 2.26. The molecule has 1 amide bonds. The molecule has 1 N–H and O–H groups in total. The van der Waals surface area contributed by atoms with Crippen LogP contribution in [0.25, 0.3) is 5.69 Å². The zero-order valence-electron chi connectivity index (χ0n) is 12.5. The third kappa shape index (κ3) is 3.77. The van der Waals surface area contributed by atoms with Crippen LogP contribution in [0.4, 0.5) is 5.69 Å². The third-order valence-corrected chi connectivity index (χ3v) is 3.97. The third-order valence-electron chi connectivity index (χ3n) is 3.05. The molecule has 3 rings (SSSR count). The van der Waals surface area contributed by atoms with E-state index in [0.29, 0.717) is 16.4 Å². The first-order valence-electron chi connectivity index (χ1n) is 7.03. The van der Waals surface area contributed by atoms with Gasteiger partial charge in [0.1, 0.15) is 0 Å². The van der Waals surface area contributed by atoms with Crippen LogP contribution in [0.3, 0.4) is 0 Å². The molecule has 0 bridgehead atoms. The first-order chi connectivity index (χ1) is 11.8. The lowest BCUT2D eigenvalue weighted by molar-refractivity contribution is -0.113. The number of benzene rings is 2. The molecule has 8 heteroatoms. The Balaban J connectivity index is 1.63. The van der Waals surface area contributed by atoms with Gasteiger partial charge in [0.05, 0.1) is 23.1 Å². The molecule has 0 aliphatic carbocycles. The summed E-state index contributed by atoms with van der Waals surface area (Å²) >= 11 is 1.24. The molecular weight excluding hydrogens is 324 g/mol. The van der Waals surface area contributed by atoms with Crippen molar-refractivity contribution in [2.45, 2.75) is 5.16 Å². The first-order valence-corrected chi connectivity index (χ1v) is 8.01. The van der Waals surface area contributed by atoms with Crippen molar-refractivity contribution in [3.8, 4) is 11.8 Å². The van der Waals surface area contributed by atoms with Crippen molar-refractivity contribution in [2.24, 2.45) is 0 Å². The number of tetrazole rings is 1. The van der Waals surface area contributed by atoms with Crippen molar-refractivity contribution < 1.29 is 4.79 Å². The van der Waals surface area contributed by atoms with Crippen LogP contribution in [0.5, 0.6) is 0 Å². The number of carbonyl (C=O) groups is 1. The predicted molar refractivity (Wildman–Crippen MR) is 89.7 cm³/mol. The van der Waals surface area contributed by atoms with E-state index in [1.165, 1.54) is 11.8 Å². The quantitative estimate of drug-likeness (QED) is 0.718. The number of hydrogen-bond acceptors (Lipinski definition) is 6. The monoisotopic (exact) mass is 336 g/mol. The van der Waals surface area contributed by atoms with E-state index in [1.54, 1.807) is 28.9 Å².